The highest BCUT2D eigenvalue weighted by atomic mass is 19.1. The van der Waals surface area contributed by atoms with Crippen LogP contribution in [0.1, 0.15) is 62.5 Å². The number of piperidine rings is 1. The molecule has 1 aliphatic heterocycles. The molecule has 1 aromatic heterocycles. The summed E-state index contributed by atoms with van der Waals surface area (Å²) in [4.78, 5) is 16.9. The van der Waals surface area contributed by atoms with E-state index in [9.17, 15) is 8.78 Å². The molecule has 1 aliphatic carbocycles. The molecule has 4 rings (SSSR count). The van der Waals surface area contributed by atoms with E-state index in [0.717, 1.165) is 81.3 Å². The van der Waals surface area contributed by atoms with E-state index in [0.29, 0.717) is 5.56 Å². The van der Waals surface area contributed by atoms with Crippen molar-refractivity contribution in [2.24, 2.45) is 5.16 Å². The third-order valence-electron chi connectivity index (χ3n) is 6.27. The number of aryl methyl sites for hydroxylation is 1. The topological polar surface area (TPSA) is 76.6 Å². The molecule has 2 aliphatic rings. The average molecular weight is 430 g/mol. The van der Waals surface area contributed by atoms with Crippen LogP contribution < -0.4 is 10.6 Å². The largest absolute Gasteiger partial charge is 0.396 e. The number of hydrogen-bond donors (Lipinski definition) is 1. The van der Waals surface area contributed by atoms with Gasteiger partial charge in [-0.15, -0.1) is 0 Å². The van der Waals surface area contributed by atoms with Crippen molar-refractivity contribution < 1.29 is 13.6 Å². The first-order valence-electron chi connectivity index (χ1n) is 11.0. The van der Waals surface area contributed by atoms with Crippen molar-refractivity contribution in [3.63, 3.8) is 0 Å². The first kappa shape index (κ1) is 21.5. The van der Waals surface area contributed by atoms with E-state index >= 15 is 0 Å². The summed E-state index contributed by atoms with van der Waals surface area (Å²) in [6, 6.07) is 2.31. The Morgan fingerprint density at radius 3 is 2.39 bits per heavy atom. The van der Waals surface area contributed by atoms with Crippen LogP contribution in [-0.4, -0.2) is 34.9 Å². The van der Waals surface area contributed by atoms with E-state index in [1.165, 1.54) is 6.07 Å². The number of nitrogens with two attached hydrogens (primary N) is 1. The fourth-order valence-corrected chi connectivity index (χ4v) is 4.25. The lowest BCUT2D eigenvalue weighted by Crippen LogP contribution is -2.37. The van der Waals surface area contributed by atoms with Gasteiger partial charge in [-0.05, 0) is 55.2 Å². The van der Waals surface area contributed by atoms with E-state index in [-0.39, 0.29) is 17.7 Å². The predicted octanol–water partition coefficient (Wildman–Crippen LogP) is 4.60. The number of oxime groups is 1. The van der Waals surface area contributed by atoms with E-state index in [4.69, 9.17) is 10.6 Å². The predicted molar refractivity (Wildman–Crippen MR) is 117 cm³/mol. The molecule has 2 fully saturated rings. The maximum Gasteiger partial charge on any atom is 0.225 e. The lowest BCUT2D eigenvalue weighted by atomic mass is 9.83. The van der Waals surface area contributed by atoms with Gasteiger partial charge in [-0.3, -0.25) is 0 Å². The number of rotatable bonds is 5. The van der Waals surface area contributed by atoms with E-state index in [2.05, 4.69) is 26.9 Å². The van der Waals surface area contributed by atoms with Crippen molar-refractivity contribution in [1.82, 2.24) is 9.97 Å². The molecule has 6 nitrogen and oxygen atoms in total. The van der Waals surface area contributed by atoms with Gasteiger partial charge >= 0.3 is 0 Å². The summed E-state index contributed by atoms with van der Waals surface area (Å²) in [5.74, 6) is -0.235. The van der Waals surface area contributed by atoms with Gasteiger partial charge in [0.1, 0.15) is 17.7 Å². The van der Waals surface area contributed by atoms with Crippen LogP contribution in [0.5, 0.6) is 0 Å². The molecule has 166 valence electrons. The second-order valence-corrected chi connectivity index (χ2v) is 8.36. The molecule has 1 saturated heterocycles. The first-order chi connectivity index (χ1) is 15.0. The highest BCUT2D eigenvalue weighted by molar-refractivity contribution is 5.84. The lowest BCUT2D eigenvalue weighted by Gasteiger charge is -2.31. The van der Waals surface area contributed by atoms with Gasteiger partial charge in [-0.25, -0.2) is 18.7 Å². The zero-order valence-electron chi connectivity index (χ0n) is 17.9. The van der Waals surface area contributed by atoms with Crippen LogP contribution in [0.15, 0.2) is 29.7 Å². The molecule has 8 heteroatoms. The number of halogens is 2. The fourth-order valence-electron chi connectivity index (χ4n) is 4.25. The van der Waals surface area contributed by atoms with Gasteiger partial charge < -0.3 is 15.5 Å². The van der Waals surface area contributed by atoms with Crippen molar-refractivity contribution in [2.75, 3.05) is 23.7 Å². The molecule has 0 bridgehead atoms. The number of aromatic nitrogens is 2. The van der Waals surface area contributed by atoms with Gasteiger partial charge in [-0.1, -0.05) is 12.1 Å². The molecule has 0 spiro atoms. The Morgan fingerprint density at radius 1 is 1.06 bits per heavy atom. The Bertz CT molecular complexity index is 916. The maximum atomic E-state index is 14.2. The minimum absolute atomic E-state index is 0.0172. The molecule has 2 aromatic rings. The number of benzene rings is 1. The molecular formula is C23H29F2N5O. The average Bonchev–Trinajstić information content (AvgIpc) is 2.81. The van der Waals surface area contributed by atoms with Crippen LogP contribution >= 0.6 is 0 Å². The van der Waals surface area contributed by atoms with Crippen LogP contribution in [0.3, 0.4) is 0 Å². The normalized spacial score (nSPS) is 20.0. The summed E-state index contributed by atoms with van der Waals surface area (Å²) < 4.78 is 27.9. The minimum Gasteiger partial charge on any atom is -0.396 e. The van der Waals surface area contributed by atoms with Gasteiger partial charge in [0.25, 0.3) is 0 Å². The van der Waals surface area contributed by atoms with Gasteiger partial charge in [-0.2, -0.15) is 0 Å². The van der Waals surface area contributed by atoms with Gasteiger partial charge in [0.15, 0.2) is 0 Å². The van der Waals surface area contributed by atoms with Crippen LogP contribution in [0, 0.1) is 11.6 Å². The Hall–Kier alpha value is -2.77. The lowest BCUT2D eigenvalue weighted by molar-refractivity contribution is 0.0406. The second kappa shape index (κ2) is 9.58. The summed E-state index contributed by atoms with van der Waals surface area (Å²) in [6.45, 7) is 3.77. The smallest absolute Gasteiger partial charge is 0.225 e. The Balaban J connectivity index is 1.25. The first-order valence-corrected chi connectivity index (χ1v) is 11.0. The summed E-state index contributed by atoms with van der Waals surface area (Å²) in [5.41, 5.74) is 7.83. The molecule has 0 radical (unpaired) electrons. The molecule has 0 unspecified atom stereocenters. The van der Waals surface area contributed by atoms with E-state index < -0.39 is 11.6 Å². The van der Waals surface area contributed by atoms with Gasteiger partial charge in [0.05, 0.1) is 11.4 Å². The van der Waals surface area contributed by atoms with Crippen molar-refractivity contribution in [2.45, 2.75) is 63.9 Å². The summed E-state index contributed by atoms with van der Waals surface area (Å²) in [7, 11) is 0. The highest BCUT2D eigenvalue weighted by Crippen LogP contribution is 2.34. The Kier molecular flexibility index (Phi) is 6.63. The van der Waals surface area contributed by atoms with Crippen molar-refractivity contribution >= 4 is 17.3 Å². The summed E-state index contributed by atoms with van der Waals surface area (Å²) in [6.07, 6.45) is 9.44. The zero-order chi connectivity index (χ0) is 21.8. The maximum absolute atomic E-state index is 14.2. The van der Waals surface area contributed by atoms with E-state index in [1.807, 2.05) is 12.4 Å². The highest BCUT2D eigenvalue weighted by Gasteiger charge is 2.25. The summed E-state index contributed by atoms with van der Waals surface area (Å²) in [5, 5.41) is 4.39. The summed E-state index contributed by atoms with van der Waals surface area (Å²) >= 11 is 0. The van der Waals surface area contributed by atoms with Crippen LogP contribution in [0.25, 0.3) is 0 Å². The number of hydrogen-bond acceptors (Lipinski definition) is 6. The van der Waals surface area contributed by atoms with Crippen LogP contribution in [-0.2, 0) is 11.3 Å². The van der Waals surface area contributed by atoms with Crippen molar-refractivity contribution in [3.05, 3.63) is 47.3 Å². The standard InChI is InChI=1S/C23H29F2N5O/c1-2-15-13-27-23(28-14-15)30-9-7-18(8-10-30)31-29-17-5-3-16(4-6-17)19-11-21(25)22(26)12-20(19)24/h11-14,16,18H,2-10,26H2,1H3. The SMILES string of the molecule is CCc1cnc(N2CCC(ON=C3CCC(c4cc(F)c(N)cc4F)CC3)CC2)nc1. The molecule has 1 saturated carbocycles. The Morgan fingerprint density at radius 2 is 1.74 bits per heavy atom. The third-order valence-corrected chi connectivity index (χ3v) is 6.27. The molecular weight excluding hydrogens is 400 g/mol. The number of anilines is 2. The van der Waals surface area contributed by atoms with Gasteiger partial charge in [0.2, 0.25) is 5.95 Å². The van der Waals surface area contributed by atoms with Crippen LogP contribution in [0.4, 0.5) is 20.4 Å². The zero-order valence-corrected chi connectivity index (χ0v) is 17.9. The van der Waals surface area contributed by atoms with Crippen molar-refractivity contribution in [1.29, 1.82) is 0 Å². The van der Waals surface area contributed by atoms with Gasteiger partial charge in [0, 0.05) is 44.4 Å². The fraction of sp³-hybridized carbons (Fsp3) is 0.522. The molecule has 0 atom stereocenters. The molecule has 0 amide bonds. The number of nitrogen functional groups attached to an aromatic ring is 1. The van der Waals surface area contributed by atoms with E-state index in [1.54, 1.807) is 0 Å². The minimum atomic E-state index is -0.558. The third kappa shape index (κ3) is 5.11. The van der Waals surface area contributed by atoms with Crippen LogP contribution in [0.2, 0.25) is 0 Å². The second-order valence-electron chi connectivity index (χ2n) is 8.36. The quantitative estimate of drug-likeness (QED) is 0.555. The number of nitrogens with zero attached hydrogens (tertiary/aromatic N) is 4. The van der Waals surface area contributed by atoms with Crippen molar-refractivity contribution in [3.8, 4) is 0 Å². The monoisotopic (exact) mass is 429 g/mol. The molecule has 2 heterocycles. The molecule has 31 heavy (non-hydrogen) atoms. The molecule has 1 aromatic carbocycles. The Labute approximate surface area is 181 Å². The molecule has 2 N–H and O–H groups in total.